The second kappa shape index (κ2) is 8.96. The summed E-state index contributed by atoms with van der Waals surface area (Å²) in [4.78, 5) is 0. The van der Waals surface area contributed by atoms with E-state index in [4.69, 9.17) is 0 Å². The van der Waals surface area contributed by atoms with Gasteiger partial charge in [0.1, 0.15) is 0 Å². The van der Waals surface area contributed by atoms with E-state index in [0.717, 1.165) is 18.8 Å². The smallest absolute Gasteiger partial charge is 0.0129 e. The van der Waals surface area contributed by atoms with Crippen molar-refractivity contribution in [3.63, 3.8) is 0 Å². The highest BCUT2D eigenvalue weighted by Gasteiger charge is 2.18. The first-order chi connectivity index (χ1) is 7.19. The molecule has 0 heterocycles. The summed E-state index contributed by atoms with van der Waals surface area (Å²) in [5.74, 6) is 0.827. The summed E-state index contributed by atoms with van der Waals surface area (Å²) in [5, 5.41) is 3.48. The van der Waals surface area contributed by atoms with Crippen LogP contribution in [0, 0.1) is 5.92 Å². The number of hydrogen-bond donors (Lipinski definition) is 1. The van der Waals surface area contributed by atoms with Crippen LogP contribution in [0.5, 0.6) is 0 Å². The maximum atomic E-state index is 4.12. The van der Waals surface area contributed by atoms with Crippen molar-refractivity contribution in [3.05, 3.63) is 12.2 Å². The largest absolute Gasteiger partial charge is 0.316 e. The predicted octanol–water partition coefficient (Wildman–Crippen LogP) is 4.15. The zero-order chi connectivity index (χ0) is 11.7. The molecule has 0 aromatic rings. The van der Waals surface area contributed by atoms with Gasteiger partial charge in [-0.05, 0) is 38.6 Å². The maximum Gasteiger partial charge on any atom is 0.0129 e. The van der Waals surface area contributed by atoms with E-state index in [-0.39, 0.29) is 0 Å². The summed E-state index contributed by atoms with van der Waals surface area (Å²) in [5.41, 5.74) is 1.38. The van der Waals surface area contributed by atoms with E-state index in [1.54, 1.807) is 0 Å². The van der Waals surface area contributed by atoms with Crippen LogP contribution in [0.25, 0.3) is 0 Å². The zero-order valence-electron chi connectivity index (χ0n) is 11.1. The Labute approximate surface area is 96.3 Å². The van der Waals surface area contributed by atoms with Crippen molar-refractivity contribution >= 4 is 0 Å². The molecule has 1 nitrogen and oxygen atoms in total. The molecule has 0 aliphatic rings. The van der Waals surface area contributed by atoms with Crippen molar-refractivity contribution in [2.75, 3.05) is 7.05 Å². The summed E-state index contributed by atoms with van der Waals surface area (Å²) in [6.07, 6.45) is 7.54. The van der Waals surface area contributed by atoms with Gasteiger partial charge in [0, 0.05) is 6.04 Å². The Morgan fingerprint density at radius 3 is 2.00 bits per heavy atom. The van der Waals surface area contributed by atoms with E-state index in [1.807, 2.05) is 0 Å². The van der Waals surface area contributed by atoms with Crippen molar-refractivity contribution in [1.82, 2.24) is 5.32 Å². The lowest BCUT2D eigenvalue weighted by Gasteiger charge is -2.27. The van der Waals surface area contributed by atoms with Gasteiger partial charge in [-0.2, -0.15) is 0 Å². The van der Waals surface area contributed by atoms with Crippen LogP contribution in [-0.2, 0) is 0 Å². The quantitative estimate of drug-likeness (QED) is 0.565. The van der Waals surface area contributed by atoms with Crippen LogP contribution in [0.2, 0.25) is 0 Å². The molecule has 0 amide bonds. The predicted molar refractivity (Wildman–Crippen MR) is 70.2 cm³/mol. The molecular formula is C14H29N. The highest BCUT2D eigenvalue weighted by molar-refractivity contribution is 4.97. The summed E-state index contributed by atoms with van der Waals surface area (Å²) in [7, 11) is 2.09. The van der Waals surface area contributed by atoms with Gasteiger partial charge in [0.2, 0.25) is 0 Å². The molecule has 0 rings (SSSR count). The monoisotopic (exact) mass is 211 g/mol. The van der Waals surface area contributed by atoms with Crippen molar-refractivity contribution in [1.29, 1.82) is 0 Å². The average Bonchev–Trinajstić information content (AvgIpc) is 2.25. The first kappa shape index (κ1) is 14.7. The highest BCUT2D eigenvalue weighted by Crippen LogP contribution is 2.22. The second-order valence-corrected chi connectivity index (χ2v) is 4.54. The fourth-order valence-electron chi connectivity index (χ4n) is 2.25. The van der Waals surface area contributed by atoms with Gasteiger partial charge in [0.15, 0.2) is 0 Å². The lowest BCUT2D eigenvalue weighted by Crippen LogP contribution is -2.34. The summed E-state index contributed by atoms with van der Waals surface area (Å²) < 4.78 is 0. The van der Waals surface area contributed by atoms with E-state index in [1.165, 1.54) is 31.3 Å². The molecular weight excluding hydrogens is 182 g/mol. The Morgan fingerprint density at radius 2 is 1.67 bits per heavy atom. The van der Waals surface area contributed by atoms with Crippen LogP contribution in [0.15, 0.2) is 12.2 Å². The molecule has 15 heavy (non-hydrogen) atoms. The molecule has 0 fully saturated rings. The number of nitrogens with one attached hydrogen (secondary N) is 1. The van der Waals surface area contributed by atoms with Crippen LogP contribution < -0.4 is 5.32 Å². The first-order valence-corrected chi connectivity index (χ1v) is 6.53. The van der Waals surface area contributed by atoms with Gasteiger partial charge in [-0.3, -0.25) is 0 Å². The average molecular weight is 211 g/mol. The minimum atomic E-state index is 0.636. The van der Waals surface area contributed by atoms with E-state index in [0.29, 0.717) is 6.04 Å². The molecule has 0 aliphatic carbocycles. The molecule has 0 spiro atoms. The summed E-state index contributed by atoms with van der Waals surface area (Å²) in [6, 6.07) is 0.636. The van der Waals surface area contributed by atoms with Crippen molar-refractivity contribution in [3.8, 4) is 0 Å². The topological polar surface area (TPSA) is 12.0 Å². The van der Waals surface area contributed by atoms with Gasteiger partial charge in [0.05, 0.1) is 0 Å². The van der Waals surface area contributed by atoms with Crippen LogP contribution >= 0.6 is 0 Å². The molecule has 0 aromatic carbocycles. The Balaban J connectivity index is 4.23. The van der Waals surface area contributed by atoms with Crippen LogP contribution in [0.4, 0.5) is 0 Å². The standard InChI is InChI=1S/C14H29N/c1-6-9-13(10-7-2)14(15-5)11-12(4)8-3/h13-15H,4,6-11H2,1-3,5H3. The molecule has 0 saturated heterocycles. The van der Waals surface area contributed by atoms with E-state index in [9.17, 15) is 0 Å². The summed E-state index contributed by atoms with van der Waals surface area (Å²) in [6.45, 7) is 10.9. The SMILES string of the molecule is C=C(CC)CC(NC)C(CCC)CCC. The van der Waals surface area contributed by atoms with Gasteiger partial charge in [-0.15, -0.1) is 0 Å². The van der Waals surface area contributed by atoms with Crippen molar-refractivity contribution in [2.24, 2.45) is 5.92 Å². The van der Waals surface area contributed by atoms with E-state index in [2.05, 4.69) is 39.7 Å². The van der Waals surface area contributed by atoms with Gasteiger partial charge in [-0.25, -0.2) is 0 Å². The second-order valence-electron chi connectivity index (χ2n) is 4.54. The Bertz CT molecular complexity index is 157. The molecule has 1 N–H and O–H groups in total. The maximum absolute atomic E-state index is 4.12. The molecule has 0 aliphatic heterocycles. The Morgan fingerprint density at radius 1 is 1.13 bits per heavy atom. The van der Waals surface area contributed by atoms with Gasteiger partial charge < -0.3 is 5.32 Å². The third kappa shape index (κ3) is 5.99. The lowest BCUT2D eigenvalue weighted by molar-refractivity contribution is 0.321. The molecule has 1 unspecified atom stereocenters. The third-order valence-corrected chi connectivity index (χ3v) is 3.27. The van der Waals surface area contributed by atoms with Crippen LogP contribution in [0.3, 0.4) is 0 Å². The highest BCUT2D eigenvalue weighted by atomic mass is 14.9. The fourth-order valence-corrected chi connectivity index (χ4v) is 2.25. The first-order valence-electron chi connectivity index (χ1n) is 6.53. The molecule has 0 bridgehead atoms. The molecule has 90 valence electrons. The lowest BCUT2D eigenvalue weighted by atomic mass is 9.86. The number of hydrogen-bond acceptors (Lipinski definition) is 1. The molecule has 1 heteroatoms. The normalized spacial score (nSPS) is 13.1. The number of rotatable bonds is 9. The van der Waals surface area contributed by atoms with E-state index >= 15 is 0 Å². The van der Waals surface area contributed by atoms with Gasteiger partial charge >= 0.3 is 0 Å². The van der Waals surface area contributed by atoms with Crippen LogP contribution in [0.1, 0.15) is 59.3 Å². The van der Waals surface area contributed by atoms with Gasteiger partial charge in [0.25, 0.3) is 0 Å². The minimum absolute atomic E-state index is 0.636. The van der Waals surface area contributed by atoms with E-state index < -0.39 is 0 Å². The molecule has 0 radical (unpaired) electrons. The Hall–Kier alpha value is -0.300. The van der Waals surface area contributed by atoms with Crippen molar-refractivity contribution in [2.45, 2.75) is 65.3 Å². The summed E-state index contributed by atoms with van der Waals surface area (Å²) >= 11 is 0. The molecule has 0 saturated carbocycles. The molecule has 1 atom stereocenters. The van der Waals surface area contributed by atoms with Crippen LogP contribution in [-0.4, -0.2) is 13.1 Å². The van der Waals surface area contributed by atoms with Gasteiger partial charge in [-0.1, -0.05) is 45.8 Å². The fraction of sp³-hybridized carbons (Fsp3) is 0.857. The molecule has 0 aromatic heterocycles. The Kier molecular flexibility index (Phi) is 8.79. The minimum Gasteiger partial charge on any atom is -0.316 e. The zero-order valence-corrected chi connectivity index (χ0v) is 11.1. The third-order valence-electron chi connectivity index (χ3n) is 3.27. The van der Waals surface area contributed by atoms with Crippen molar-refractivity contribution < 1.29 is 0 Å².